The Morgan fingerprint density at radius 3 is 2.60 bits per heavy atom. The lowest BCUT2D eigenvalue weighted by atomic mass is 10.2. The number of carboxylic acid groups (broad SMARTS) is 1. The fourth-order valence-corrected chi connectivity index (χ4v) is 3.00. The van der Waals surface area contributed by atoms with Crippen molar-refractivity contribution >= 4 is 17.7 Å². The molecule has 128 valence electrons. The quantitative estimate of drug-likeness (QED) is 0.620. The van der Waals surface area contributed by atoms with E-state index in [1.54, 1.807) is 37.1 Å². The molecule has 0 aliphatic heterocycles. The molecule has 0 amide bonds. The van der Waals surface area contributed by atoms with Crippen LogP contribution in [0.4, 0.5) is 0 Å². The SMILES string of the molecule is COc1ccc(-n2c(S[C@H](C)C(=O)[O-])nnc2-c2cccnc2)cc1. The Morgan fingerprint density at radius 1 is 1.24 bits per heavy atom. The number of nitrogens with zero attached hydrogens (tertiary/aromatic N) is 4. The van der Waals surface area contributed by atoms with Gasteiger partial charge in [0.25, 0.3) is 0 Å². The van der Waals surface area contributed by atoms with Crippen molar-refractivity contribution in [2.45, 2.75) is 17.3 Å². The van der Waals surface area contributed by atoms with Crippen LogP contribution in [0, 0.1) is 0 Å². The van der Waals surface area contributed by atoms with Gasteiger partial charge in [-0.25, -0.2) is 0 Å². The summed E-state index contributed by atoms with van der Waals surface area (Å²) in [6.07, 6.45) is 3.35. The van der Waals surface area contributed by atoms with E-state index in [-0.39, 0.29) is 0 Å². The summed E-state index contributed by atoms with van der Waals surface area (Å²) in [7, 11) is 1.59. The zero-order valence-electron chi connectivity index (χ0n) is 13.6. The van der Waals surface area contributed by atoms with Crippen molar-refractivity contribution in [1.29, 1.82) is 0 Å². The summed E-state index contributed by atoms with van der Waals surface area (Å²) in [4.78, 5) is 15.2. The first kappa shape index (κ1) is 17.0. The number of hydrogen-bond donors (Lipinski definition) is 0. The number of ether oxygens (including phenoxy) is 1. The molecule has 0 radical (unpaired) electrons. The van der Waals surface area contributed by atoms with Crippen molar-refractivity contribution in [3.63, 3.8) is 0 Å². The highest BCUT2D eigenvalue weighted by molar-refractivity contribution is 8.00. The number of carboxylic acids is 1. The number of benzene rings is 1. The third-order valence-corrected chi connectivity index (χ3v) is 4.52. The van der Waals surface area contributed by atoms with E-state index in [2.05, 4.69) is 15.2 Å². The number of aliphatic carboxylic acids is 1. The molecule has 0 saturated carbocycles. The Kier molecular flexibility index (Phi) is 4.99. The number of methoxy groups -OCH3 is 1. The summed E-state index contributed by atoms with van der Waals surface area (Å²) >= 11 is 1.07. The minimum Gasteiger partial charge on any atom is -0.549 e. The Hall–Kier alpha value is -2.87. The molecule has 0 spiro atoms. The van der Waals surface area contributed by atoms with Crippen LogP contribution in [-0.4, -0.2) is 38.1 Å². The van der Waals surface area contributed by atoms with Gasteiger partial charge in [0.2, 0.25) is 0 Å². The molecule has 7 nitrogen and oxygen atoms in total. The largest absolute Gasteiger partial charge is 0.549 e. The fourth-order valence-electron chi connectivity index (χ4n) is 2.20. The van der Waals surface area contributed by atoms with Gasteiger partial charge in [0.15, 0.2) is 11.0 Å². The van der Waals surface area contributed by atoms with Gasteiger partial charge in [-0.1, -0.05) is 11.8 Å². The second kappa shape index (κ2) is 7.35. The molecule has 0 bridgehead atoms. The van der Waals surface area contributed by atoms with Gasteiger partial charge >= 0.3 is 0 Å². The van der Waals surface area contributed by atoms with Crippen molar-refractivity contribution < 1.29 is 14.6 Å². The number of thioether (sulfide) groups is 1. The van der Waals surface area contributed by atoms with Crippen LogP contribution < -0.4 is 9.84 Å². The standard InChI is InChI=1S/C17H16N4O3S/c1-11(16(22)23)25-17-20-19-15(12-4-3-9-18-10-12)21(17)13-5-7-14(24-2)8-6-13/h3-11H,1-2H3,(H,22,23)/p-1/t11-/m1/s1. The average Bonchev–Trinajstić information content (AvgIpc) is 3.06. The first-order valence-corrected chi connectivity index (χ1v) is 8.36. The van der Waals surface area contributed by atoms with Gasteiger partial charge in [-0.2, -0.15) is 0 Å². The first-order valence-electron chi connectivity index (χ1n) is 7.48. The summed E-state index contributed by atoms with van der Waals surface area (Å²) in [5, 5.41) is 19.2. The molecule has 3 aromatic rings. The molecular formula is C17H15N4O3S-. The highest BCUT2D eigenvalue weighted by atomic mass is 32.2. The van der Waals surface area contributed by atoms with Crippen molar-refractivity contribution in [2.24, 2.45) is 0 Å². The number of rotatable bonds is 6. The van der Waals surface area contributed by atoms with Crippen LogP contribution in [0.1, 0.15) is 6.92 Å². The van der Waals surface area contributed by atoms with Crippen molar-refractivity contribution in [3.8, 4) is 22.8 Å². The molecular weight excluding hydrogens is 340 g/mol. The molecule has 3 rings (SSSR count). The number of aromatic nitrogens is 4. The van der Waals surface area contributed by atoms with Gasteiger partial charge in [0, 0.05) is 28.9 Å². The lowest BCUT2D eigenvalue weighted by Crippen LogP contribution is -2.31. The molecule has 0 fully saturated rings. The molecule has 0 aliphatic rings. The Bertz CT molecular complexity index is 865. The zero-order valence-corrected chi connectivity index (χ0v) is 14.4. The predicted molar refractivity (Wildman–Crippen MR) is 91.5 cm³/mol. The molecule has 25 heavy (non-hydrogen) atoms. The molecule has 0 aliphatic carbocycles. The van der Waals surface area contributed by atoms with Crippen LogP contribution in [0.25, 0.3) is 17.1 Å². The average molecular weight is 355 g/mol. The normalized spacial score (nSPS) is 11.9. The molecule has 0 N–H and O–H groups in total. The van der Waals surface area contributed by atoms with E-state index in [0.29, 0.717) is 11.0 Å². The van der Waals surface area contributed by atoms with Crippen molar-refractivity contribution in [2.75, 3.05) is 7.11 Å². The highest BCUT2D eigenvalue weighted by Crippen LogP contribution is 2.30. The molecule has 0 saturated heterocycles. The van der Waals surface area contributed by atoms with Crippen molar-refractivity contribution in [3.05, 3.63) is 48.8 Å². The maximum absolute atomic E-state index is 11.1. The minimum atomic E-state index is -1.16. The van der Waals surface area contributed by atoms with Gasteiger partial charge in [-0.05, 0) is 43.3 Å². The molecule has 2 heterocycles. The van der Waals surface area contributed by atoms with E-state index >= 15 is 0 Å². The van der Waals surface area contributed by atoms with Crippen LogP contribution in [0.3, 0.4) is 0 Å². The van der Waals surface area contributed by atoms with E-state index in [1.165, 1.54) is 0 Å². The van der Waals surface area contributed by atoms with Crippen LogP contribution in [-0.2, 0) is 4.79 Å². The summed E-state index contributed by atoms with van der Waals surface area (Å²) in [5.41, 5.74) is 1.57. The summed E-state index contributed by atoms with van der Waals surface area (Å²) in [6, 6.07) is 11.0. The highest BCUT2D eigenvalue weighted by Gasteiger charge is 2.19. The van der Waals surface area contributed by atoms with Gasteiger partial charge in [-0.15, -0.1) is 10.2 Å². The van der Waals surface area contributed by atoms with E-state index in [0.717, 1.165) is 28.8 Å². The molecule has 1 atom stereocenters. The van der Waals surface area contributed by atoms with Gasteiger partial charge in [-0.3, -0.25) is 9.55 Å². The number of carbonyl (C=O) groups is 1. The summed E-state index contributed by atoms with van der Waals surface area (Å²) < 4.78 is 6.98. The second-order valence-corrected chi connectivity index (χ2v) is 6.47. The number of hydrogen-bond acceptors (Lipinski definition) is 7. The fraction of sp³-hybridized carbons (Fsp3) is 0.176. The number of carbonyl (C=O) groups excluding carboxylic acids is 1. The van der Waals surface area contributed by atoms with Crippen LogP contribution in [0.15, 0.2) is 53.9 Å². The molecule has 8 heteroatoms. The van der Waals surface area contributed by atoms with E-state index in [4.69, 9.17) is 4.74 Å². The lowest BCUT2D eigenvalue weighted by Gasteiger charge is -2.14. The maximum Gasteiger partial charge on any atom is 0.196 e. The lowest BCUT2D eigenvalue weighted by molar-refractivity contribution is -0.304. The Labute approximate surface area is 148 Å². The van der Waals surface area contributed by atoms with E-state index < -0.39 is 11.2 Å². The third kappa shape index (κ3) is 3.63. The molecule has 0 unspecified atom stereocenters. The summed E-state index contributed by atoms with van der Waals surface area (Å²) in [5.74, 6) is 0.139. The smallest absolute Gasteiger partial charge is 0.196 e. The second-order valence-electron chi connectivity index (χ2n) is 5.16. The molecule has 2 aromatic heterocycles. The predicted octanol–water partition coefficient (Wildman–Crippen LogP) is 1.57. The number of pyridine rings is 1. The first-order chi connectivity index (χ1) is 12.1. The van der Waals surface area contributed by atoms with Crippen molar-refractivity contribution in [1.82, 2.24) is 19.7 Å². The molecule has 1 aromatic carbocycles. The Morgan fingerprint density at radius 2 is 2.00 bits per heavy atom. The van der Waals surface area contributed by atoms with E-state index in [9.17, 15) is 9.90 Å². The topological polar surface area (TPSA) is 93.0 Å². The minimum absolute atomic E-state index is 0.459. The third-order valence-electron chi connectivity index (χ3n) is 3.50. The van der Waals surface area contributed by atoms with Crippen LogP contribution in [0.5, 0.6) is 5.75 Å². The maximum atomic E-state index is 11.1. The van der Waals surface area contributed by atoms with E-state index in [1.807, 2.05) is 30.3 Å². The van der Waals surface area contributed by atoms with Gasteiger partial charge in [0.1, 0.15) is 5.75 Å². The summed E-state index contributed by atoms with van der Waals surface area (Å²) in [6.45, 7) is 1.55. The zero-order chi connectivity index (χ0) is 17.8. The van der Waals surface area contributed by atoms with Gasteiger partial charge in [0.05, 0.1) is 13.1 Å². The Balaban J connectivity index is 2.10. The van der Waals surface area contributed by atoms with Crippen LogP contribution >= 0.6 is 11.8 Å². The van der Waals surface area contributed by atoms with Crippen LogP contribution in [0.2, 0.25) is 0 Å². The monoisotopic (exact) mass is 355 g/mol. The van der Waals surface area contributed by atoms with Gasteiger partial charge < -0.3 is 14.6 Å².